The minimum absolute atomic E-state index is 0.0291. The first kappa shape index (κ1) is 18.6. The summed E-state index contributed by atoms with van der Waals surface area (Å²) < 4.78 is 7.21. The van der Waals surface area contributed by atoms with E-state index in [1.165, 1.54) is 12.3 Å². The quantitative estimate of drug-likeness (QED) is 0.486. The molecule has 10 heteroatoms. The summed E-state index contributed by atoms with van der Waals surface area (Å²) in [6.07, 6.45) is 3.15. The van der Waals surface area contributed by atoms with Gasteiger partial charge < -0.3 is 20.2 Å². The SMILES string of the molecule is CC(C)Oc1ccc(-n2cc(CNc3ccnc([N+](=O)[O-])c3)nn2)cc1Cl. The molecule has 3 rings (SSSR count). The fourth-order valence-electron chi connectivity index (χ4n) is 2.31. The average molecular weight is 389 g/mol. The number of halogens is 1. The smallest absolute Gasteiger partial charge is 0.365 e. The normalized spacial score (nSPS) is 10.8. The minimum atomic E-state index is -0.544. The van der Waals surface area contributed by atoms with Crippen molar-refractivity contribution in [1.29, 1.82) is 0 Å². The minimum Gasteiger partial charge on any atom is -0.489 e. The number of hydrogen-bond acceptors (Lipinski definition) is 7. The molecule has 27 heavy (non-hydrogen) atoms. The third-order valence-electron chi connectivity index (χ3n) is 3.49. The molecule has 0 aliphatic rings. The van der Waals surface area contributed by atoms with Crippen LogP contribution in [0.5, 0.6) is 5.75 Å². The summed E-state index contributed by atoms with van der Waals surface area (Å²) in [4.78, 5) is 13.9. The zero-order chi connectivity index (χ0) is 19.4. The molecule has 0 bridgehead atoms. The van der Waals surface area contributed by atoms with Gasteiger partial charge in [0.25, 0.3) is 0 Å². The number of nitrogens with zero attached hydrogens (tertiary/aromatic N) is 5. The van der Waals surface area contributed by atoms with E-state index in [0.29, 0.717) is 28.7 Å². The molecule has 2 aromatic heterocycles. The van der Waals surface area contributed by atoms with Gasteiger partial charge in [-0.2, -0.15) is 0 Å². The van der Waals surface area contributed by atoms with Gasteiger partial charge in [0.1, 0.15) is 17.6 Å². The van der Waals surface area contributed by atoms with Crippen molar-refractivity contribution in [3.05, 3.63) is 63.6 Å². The molecule has 0 unspecified atom stereocenters. The number of nitro groups is 1. The molecule has 1 N–H and O–H groups in total. The lowest BCUT2D eigenvalue weighted by atomic mass is 10.3. The van der Waals surface area contributed by atoms with Crippen LogP contribution >= 0.6 is 11.6 Å². The molecule has 2 heterocycles. The van der Waals surface area contributed by atoms with Crippen LogP contribution in [0.2, 0.25) is 5.02 Å². The predicted molar refractivity (Wildman–Crippen MR) is 100 cm³/mol. The number of hydrogen-bond donors (Lipinski definition) is 1. The molecule has 0 saturated heterocycles. The Hall–Kier alpha value is -3.20. The fourth-order valence-corrected chi connectivity index (χ4v) is 2.53. The molecular weight excluding hydrogens is 372 g/mol. The molecule has 0 saturated carbocycles. The van der Waals surface area contributed by atoms with E-state index < -0.39 is 4.92 Å². The molecular formula is C17H17ClN6O3. The summed E-state index contributed by atoms with van der Waals surface area (Å²) in [6, 6.07) is 8.37. The van der Waals surface area contributed by atoms with Gasteiger partial charge in [-0.05, 0) is 42.0 Å². The maximum absolute atomic E-state index is 10.8. The lowest BCUT2D eigenvalue weighted by Crippen LogP contribution is -2.06. The Balaban J connectivity index is 1.69. The van der Waals surface area contributed by atoms with Gasteiger partial charge in [-0.1, -0.05) is 16.8 Å². The van der Waals surface area contributed by atoms with Gasteiger partial charge in [0.2, 0.25) is 0 Å². The number of rotatable bonds is 7. The number of anilines is 1. The zero-order valence-electron chi connectivity index (χ0n) is 14.7. The van der Waals surface area contributed by atoms with Crippen LogP contribution in [0.4, 0.5) is 11.5 Å². The molecule has 1 aromatic carbocycles. The van der Waals surface area contributed by atoms with Crippen molar-refractivity contribution in [3.63, 3.8) is 0 Å². The first-order valence-corrected chi connectivity index (χ1v) is 8.52. The van der Waals surface area contributed by atoms with Gasteiger partial charge in [0.15, 0.2) is 0 Å². The number of ether oxygens (including phenoxy) is 1. The van der Waals surface area contributed by atoms with Crippen molar-refractivity contribution in [2.75, 3.05) is 5.32 Å². The van der Waals surface area contributed by atoms with E-state index >= 15 is 0 Å². The van der Waals surface area contributed by atoms with Crippen LogP contribution in [0.15, 0.2) is 42.7 Å². The Morgan fingerprint density at radius 3 is 2.85 bits per heavy atom. The molecule has 0 atom stereocenters. The summed E-state index contributed by atoms with van der Waals surface area (Å²) in [6.45, 7) is 4.21. The lowest BCUT2D eigenvalue weighted by molar-refractivity contribution is -0.389. The van der Waals surface area contributed by atoms with Crippen LogP contribution in [0, 0.1) is 10.1 Å². The highest BCUT2D eigenvalue weighted by Gasteiger charge is 2.10. The Bertz CT molecular complexity index is 959. The molecule has 0 aliphatic carbocycles. The molecule has 0 aliphatic heterocycles. The van der Waals surface area contributed by atoms with E-state index in [1.54, 1.807) is 29.1 Å². The standard InChI is InChI=1S/C17H17ClN6O3/c1-11(2)27-16-4-3-14(8-15(16)18)23-10-13(21-22-23)9-20-12-5-6-19-17(7-12)24(25)26/h3-8,10-11H,9H2,1-2H3,(H,19,20). The van der Waals surface area contributed by atoms with Crippen molar-refractivity contribution >= 4 is 23.1 Å². The molecule has 0 radical (unpaired) electrons. The largest absolute Gasteiger partial charge is 0.489 e. The summed E-state index contributed by atoms with van der Waals surface area (Å²) >= 11 is 6.25. The number of nitrogens with one attached hydrogen (secondary N) is 1. The van der Waals surface area contributed by atoms with E-state index in [9.17, 15) is 10.1 Å². The second kappa shape index (κ2) is 8.00. The number of pyridine rings is 1. The van der Waals surface area contributed by atoms with Gasteiger partial charge in [0.05, 0.1) is 35.6 Å². The van der Waals surface area contributed by atoms with E-state index in [0.717, 1.165) is 5.69 Å². The van der Waals surface area contributed by atoms with Crippen molar-refractivity contribution in [1.82, 2.24) is 20.0 Å². The second-order valence-electron chi connectivity index (χ2n) is 5.95. The van der Waals surface area contributed by atoms with Crippen LogP contribution in [0.25, 0.3) is 5.69 Å². The van der Waals surface area contributed by atoms with Crippen LogP contribution < -0.4 is 10.1 Å². The van der Waals surface area contributed by atoms with Crippen molar-refractivity contribution in [2.45, 2.75) is 26.5 Å². The van der Waals surface area contributed by atoms with Gasteiger partial charge in [-0.25, -0.2) is 4.68 Å². The van der Waals surface area contributed by atoms with Crippen molar-refractivity contribution < 1.29 is 9.66 Å². The highest BCUT2D eigenvalue weighted by atomic mass is 35.5. The molecule has 0 spiro atoms. The predicted octanol–water partition coefficient (Wildman–Crippen LogP) is 3.62. The van der Waals surface area contributed by atoms with Gasteiger partial charge in [-0.15, -0.1) is 5.10 Å². The van der Waals surface area contributed by atoms with E-state index in [2.05, 4.69) is 20.6 Å². The van der Waals surface area contributed by atoms with Gasteiger partial charge in [0, 0.05) is 11.8 Å². The maximum atomic E-state index is 10.8. The molecule has 140 valence electrons. The van der Waals surface area contributed by atoms with Crippen LogP contribution in [0.3, 0.4) is 0 Å². The highest BCUT2D eigenvalue weighted by molar-refractivity contribution is 6.32. The fraction of sp³-hybridized carbons (Fsp3) is 0.235. The lowest BCUT2D eigenvalue weighted by Gasteiger charge is -2.12. The summed E-state index contributed by atoms with van der Waals surface area (Å²) in [5.74, 6) is 0.388. The van der Waals surface area contributed by atoms with Crippen LogP contribution in [0.1, 0.15) is 19.5 Å². The monoisotopic (exact) mass is 388 g/mol. The van der Waals surface area contributed by atoms with E-state index in [-0.39, 0.29) is 11.9 Å². The second-order valence-corrected chi connectivity index (χ2v) is 6.36. The van der Waals surface area contributed by atoms with Crippen LogP contribution in [-0.2, 0) is 6.54 Å². The summed E-state index contributed by atoms with van der Waals surface area (Å²) in [5.41, 5.74) is 1.98. The van der Waals surface area contributed by atoms with Crippen molar-refractivity contribution in [2.24, 2.45) is 0 Å². The Morgan fingerprint density at radius 2 is 2.15 bits per heavy atom. The third-order valence-corrected chi connectivity index (χ3v) is 3.79. The number of benzene rings is 1. The number of aromatic nitrogens is 4. The third kappa shape index (κ3) is 4.70. The van der Waals surface area contributed by atoms with Crippen molar-refractivity contribution in [3.8, 4) is 11.4 Å². The Kier molecular flexibility index (Phi) is 5.51. The summed E-state index contributed by atoms with van der Waals surface area (Å²) in [7, 11) is 0. The Labute approximate surface area is 160 Å². The first-order valence-electron chi connectivity index (χ1n) is 8.14. The Morgan fingerprint density at radius 1 is 1.33 bits per heavy atom. The summed E-state index contributed by atoms with van der Waals surface area (Å²) in [5, 5.41) is 22.5. The van der Waals surface area contributed by atoms with Gasteiger partial charge >= 0.3 is 5.82 Å². The van der Waals surface area contributed by atoms with E-state index in [4.69, 9.17) is 16.3 Å². The molecule has 0 fully saturated rings. The topological polar surface area (TPSA) is 108 Å². The molecule has 3 aromatic rings. The maximum Gasteiger partial charge on any atom is 0.365 e. The molecule has 0 amide bonds. The molecule has 9 nitrogen and oxygen atoms in total. The van der Waals surface area contributed by atoms with Crippen LogP contribution in [-0.4, -0.2) is 31.0 Å². The van der Waals surface area contributed by atoms with Gasteiger partial charge in [-0.3, -0.25) is 0 Å². The zero-order valence-corrected chi connectivity index (χ0v) is 15.4. The van der Waals surface area contributed by atoms with E-state index in [1.807, 2.05) is 19.9 Å². The highest BCUT2D eigenvalue weighted by Crippen LogP contribution is 2.27. The first-order chi connectivity index (χ1) is 12.9. The average Bonchev–Trinajstić information content (AvgIpc) is 3.10.